The minimum Gasteiger partial charge on any atom is -0.358 e. The number of fused-ring (bicyclic) bond motifs is 1. The van der Waals surface area contributed by atoms with Gasteiger partial charge in [-0.3, -0.25) is 4.90 Å². The summed E-state index contributed by atoms with van der Waals surface area (Å²) in [6.07, 6.45) is 1.94. The van der Waals surface area contributed by atoms with E-state index in [4.69, 9.17) is 0 Å². The number of hydrogen-bond donors (Lipinski definition) is 0. The third-order valence-electron chi connectivity index (χ3n) is 4.93. The molecule has 0 aliphatic carbocycles. The van der Waals surface area contributed by atoms with Gasteiger partial charge in [0.25, 0.3) is 0 Å². The number of sulfone groups is 1. The highest BCUT2D eigenvalue weighted by atomic mass is 32.2. The smallest absolute Gasteiger partial charge is 0.152 e. The van der Waals surface area contributed by atoms with Crippen molar-refractivity contribution in [2.75, 3.05) is 43.1 Å². The van der Waals surface area contributed by atoms with Crippen LogP contribution in [0.1, 0.15) is 5.56 Å². The van der Waals surface area contributed by atoms with Crippen LogP contribution in [-0.4, -0.2) is 61.3 Å². The molecule has 1 aromatic heterocycles. The van der Waals surface area contributed by atoms with Crippen LogP contribution in [-0.2, 0) is 22.9 Å². The van der Waals surface area contributed by atoms with Crippen LogP contribution in [0.3, 0.4) is 0 Å². The fourth-order valence-corrected chi connectivity index (χ4v) is 4.73. The van der Waals surface area contributed by atoms with Crippen molar-refractivity contribution in [1.82, 2.24) is 14.7 Å². The molecule has 2 aliphatic heterocycles. The molecule has 6 nitrogen and oxygen atoms in total. The summed E-state index contributed by atoms with van der Waals surface area (Å²) >= 11 is 0. The zero-order valence-corrected chi connectivity index (χ0v) is 14.7. The normalized spacial score (nSPS) is 20.3. The number of likely N-dealkylation sites (N-methyl/N-ethyl adjacent to an activating group) is 1. The van der Waals surface area contributed by atoms with Crippen LogP contribution in [0.25, 0.3) is 11.1 Å². The number of aromatic nitrogens is 2. The maximum Gasteiger partial charge on any atom is 0.152 e. The van der Waals surface area contributed by atoms with Crippen LogP contribution >= 0.6 is 0 Å². The number of hydrogen-bond acceptors (Lipinski definition) is 5. The van der Waals surface area contributed by atoms with E-state index in [1.807, 2.05) is 6.20 Å². The highest BCUT2D eigenvalue weighted by molar-refractivity contribution is 7.91. The Labute approximate surface area is 142 Å². The zero-order valence-electron chi connectivity index (χ0n) is 13.9. The predicted molar refractivity (Wildman–Crippen MR) is 94.9 cm³/mol. The molecule has 1 saturated heterocycles. The summed E-state index contributed by atoms with van der Waals surface area (Å²) in [4.78, 5) is 4.45. The lowest BCUT2D eigenvalue weighted by Gasteiger charge is -2.26. The molecule has 1 fully saturated rings. The van der Waals surface area contributed by atoms with Crippen molar-refractivity contribution < 1.29 is 8.42 Å². The Bertz CT molecular complexity index is 828. The molecule has 4 rings (SSSR count). The Kier molecular flexibility index (Phi) is 3.85. The molecule has 0 spiro atoms. The van der Waals surface area contributed by atoms with Gasteiger partial charge in [0.1, 0.15) is 5.82 Å². The van der Waals surface area contributed by atoms with Gasteiger partial charge in [-0.1, -0.05) is 24.3 Å². The highest BCUT2D eigenvalue weighted by Gasteiger charge is 2.23. The standard InChI is InChI=1S/C17H22N4O2S/c1-19-6-7-21-17(19)16(12-18-21)15-4-2-14(3-5-15)13-20-8-10-24(22,23)11-9-20/h2-5,12H,6-11,13H2,1H3. The molecule has 0 atom stereocenters. The molecule has 3 heterocycles. The fourth-order valence-electron chi connectivity index (χ4n) is 3.46. The average molecular weight is 346 g/mol. The van der Waals surface area contributed by atoms with Gasteiger partial charge in [-0.15, -0.1) is 0 Å². The minimum absolute atomic E-state index is 0.278. The molecule has 7 heteroatoms. The van der Waals surface area contributed by atoms with Gasteiger partial charge in [-0.2, -0.15) is 5.10 Å². The van der Waals surface area contributed by atoms with Gasteiger partial charge in [0.2, 0.25) is 0 Å². The van der Waals surface area contributed by atoms with E-state index >= 15 is 0 Å². The van der Waals surface area contributed by atoms with E-state index in [0.717, 1.165) is 19.6 Å². The van der Waals surface area contributed by atoms with Gasteiger partial charge in [-0.25, -0.2) is 13.1 Å². The van der Waals surface area contributed by atoms with Crippen molar-refractivity contribution in [2.45, 2.75) is 13.1 Å². The molecule has 2 aromatic rings. The Morgan fingerprint density at radius 2 is 1.75 bits per heavy atom. The Morgan fingerprint density at radius 3 is 2.46 bits per heavy atom. The first kappa shape index (κ1) is 15.7. The molecule has 0 saturated carbocycles. The van der Waals surface area contributed by atoms with Crippen LogP contribution in [0.15, 0.2) is 30.5 Å². The molecular weight excluding hydrogens is 324 g/mol. The van der Waals surface area contributed by atoms with E-state index in [9.17, 15) is 8.42 Å². The molecule has 128 valence electrons. The second-order valence-corrected chi connectivity index (χ2v) is 8.96. The molecule has 0 unspecified atom stereocenters. The van der Waals surface area contributed by atoms with Gasteiger partial charge in [0.05, 0.1) is 24.2 Å². The summed E-state index contributed by atoms with van der Waals surface area (Å²) in [7, 11) is -0.711. The van der Waals surface area contributed by atoms with Crippen LogP contribution in [0.2, 0.25) is 0 Å². The van der Waals surface area contributed by atoms with Gasteiger partial charge in [0, 0.05) is 38.8 Å². The second-order valence-electron chi connectivity index (χ2n) is 6.65. The number of anilines is 1. The summed E-state index contributed by atoms with van der Waals surface area (Å²) in [6.45, 7) is 4.02. The summed E-state index contributed by atoms with van der Waals surface area (Å²) in [5.41, 5.74) is 3.57. The monoisotopic (exact) mass is 346 g/mol. The first-order chi connectivity index (χ1) is 11.5. The molecular formula is C17H22N4O2S. The quantitative estimate of drug-likeness (QED) is 0.837. The minimum atomic E-state index is -2.81. The average Bonchev–Trinajstić information content (AvgIpc) is 3.14. The van der Waals surface area contributed by atoms with Crippen LogP contribution in [0, 0.1) is 0 Å². The summed E-state index contributed by atoms with van der Waals surface area (Å²) in [5.74, 6) is 1.74. The van der Waals surface area contributed by atoms with E-state index in [0.29, 0.717) is 13.1 Å². The molecule has 1 aromatic carbocycles. The maximum absolute atomic E-state index is 11.5. The van der Waals surface area contributed by atoms with Crippen LogP contribution in [0.5, 0.6) is 0 Å². The van der Waals surface area contributed by atoms with Crippen molar-refractivity contribution in [2.24, 2.45) is 0 Å². The van der Waals surface area contributed by atoms with E-state index < -0.39 is 9.84 Å². The van der Waals surface area contributed by atoms with Crippen molar-refractivity contribution in [3.8, 4) is 11.1 Å². The Morgan fingerprint density at radius 1 is 1.04 bits per heavy atom. The third kappa shape index (κ3) is 2.93. The Hall–Kier alpha value is -1.86. The van der Waals surface area contributed by atoms with Gasteiger partial charge in [0.15, 0.2) is 9.84 Å². The lowest BCUT2D eigenvalue weighted by atomic mass is 10.1. The van der Waals surface area contributed by atoms with Gasteiger partial charge < -0.3 is 4.90 Å². The summed E-state index contributed by atoms with van der Waals surface area (Å²) in [5, 5.41) is 4.46. The van der Waals surface area contributed by atoms with Crippen LogP contribution < -0.4 is 4.90 Å². The van der Waals surface area contributed by atoms with Gasteiger partial charge in [-0.05, 0) is 11.1 Å². The summed E-state index contributed by atoms with van der Waals surface area (Å²) in [6, 6.07) is 8.55. The predicted octanol–water partition coefficient (Wildman–Crippen LogP) is 1.23. The van der Waals surface area contributed by atoms with Crippen molar-refractivity contribution >= 4 is 15.7 Å². The van der Waals surface area contributed by atoms with Crippen LogP contribution in [0.4, 0.5) is 5.82 Å². The lowest BCUT2D eigenvalue weighted by Crippen LogP contribution is -2.39. The zero-order chi connectivity index (χ0) is 16.7. The molecule has 0 radical (unpaired) electrons. The van der Waals surface area contributed by atoms with E-state index in [1.54, 1.807) is 0 Å². The first-order valence-corrected chi connectivity index (χ1v) is 10.1. The maximum atomic E-state index is 11.5. The highest BCUT2D eigenvalue weighted by Crippen LogP contribution is 2.33. The first-order valence-electron chi connectivity index (χ1n) is 8.31. The number of benzene rings is 1. The Balaban J connectivity index is 1.48. The molecule has 0 N–H and O–H groups in total. The number of nitrogens with zero attached hydrogens (tertiary/aromatic N) is 4. The van der Waals surface area contributed by atoms with Crippen molar-refractivity contribution in [3.05, 3.63) is 36.0 Å². The number of rotatable bonds is 3. The lowest BCUT2D eigenvalue weighted by molar-refractivity contribution is 0.287. The van der Waals surface area contributed by atoms with E-state index in [-0.39, 0.29) is 11.5 Å². The topological polar surface area (TPSA) is 58.4 Å². The molecule has 24 heavy (non-hydrogen) atoms. The summed E-state index contributed by atoms with van der Waals surface area (Å²) < 4.78 is 25.1. The largest absolute Gasteiger partial charge is 0.358 e. The SMILES string of the molecule is CN1CCn2ncc(-c3ccc(CN4CCS(=O)(=O)CC4)cc3)c21. The molecule has 0 amide bonds. The van der Waals surface area contributed by atoms with E-state index in [1.165, 1.54) is 22.5 Å². The van der Waals surface area contributed by atoms with Crippen molar-refractivity contribution in [3.63, 3.8) is 0 Å². The third-order valence-corrected chi connectivity index (χ3v) is 6.54. The van der Waals surface area contributed by atoms with Crippen molar-refractivity contribution in [1.29, 1.82) is 0 Å². The molecule has 2 aliphatic rings. The van der Waals surface area contributed by atoms with E-state index in [2.05, 4.69) is 50.9 Å². The fraction of sp³-hybridized carbons (Fsp3) is 0.471. The van der Waals surface area contributed by atoms with Gasteiger partial charge >= 0.3 is 0 Å². The molecule has 0 bridgehead atoms. The second kappa shape index (κ2) is 5.89.